The minimum Gasteiger partial charge on any atom is -0.368 e. The van der Waals surface area contributed by atoms with E-state index in [0.29, 0.717) is 5.82 Å². The Labute approximate surface area is 112 Å². The third kappa shape index (κ3) is 3.65. The molecule has 0 aliphatic rings. The van der Waals surface area contributed by atoms with E-state index in [0.717, 1.165) is 24.7 Å². The van der Waals surface area contributed by atoms with Gasteiger partial charge < -0.3 is 15.3 Å². The lowest BCUT2D eigenvalue weighted by Crippen LogP contribution is -2.15. The number of hydrogen-bond donors (Lipinski definition) is 3. The summed E-state index contributed by atoms with van der Waals surface area (Å²) < 4.78 is 2.00. The fraction of sp³-hybridized carbons (Fsp3) is 0.417. The summed E-state index contributed by atoms with van der Waals surface area (Å²) in [6, 6.07) is 1.79. The van der Waals surface area contributed by atoms with E-state index in [9.17, 15) is 0 Å². The van der Waals surface area contributed by atoms with Crippen LogP contribution in [0.15, 0.2) is 24.8 Å². The molecule has 2 heterocycles. The van der Waals surface area contributed by atoms with Crippen LogP contribution in [0, 0.1) is 0 Å². The van der Waals surface area contributed by atoms with Gasteiger partial charge in [0.15, 0.2) is 0 Å². The number of nitrogens with one attached hydrogen (secondary N) is 2. The van der Waals surface area contributed by atoms with Crippen LogP contribution in [-0.4, -0.2) is 26.1 Å². The van der Waals surface area contributed by atoms with Gasteiger partial charge in [-0.05, 0) is 0 Å². The first-order chi connectivity index (χ1) is 9.19. The quantitative estimate of drug-likeness (QED) is 0.534. The highest BCUT2D eigenvalue weighted by atomic mass is 15.3. The van der Waals surface area contributed by atoms with Crippen molar-refractivity contribution in [2.24, 2.45) is 5.84 Å². The number of nitrogen functional groups attached to an aromatic ring is 1. The minimum absolute atomic E-state index is 0.252. The van der Waals surface area contributed by atoms with Crippen molar-refractivity contribution in [3.05, 3.63) is 30.6 Å². The van der Waals surface area contributed by atoms with E-state index in [1.165, 1.54) is 0 Å². The molecule has 0 saturated heterocycles. The van der Waals surface area contributed by atoms with Gasteiger partial charge in [0, 0.05) is 37.5 Å². The molecule has 19 heavy (non-hydrogen) atoms. The fourth-order valence-electron chi connectivity index (χ4n) is 1.62. The summed E-state index contributed by atoms with van der Waals surface area (Å²) in [5.74, 6) is 7.81. The molecule has 0 unspecified atom stereocenters. The van der Waals surface area contributed by atoms with Gasteiger partial charge >= 0.3 is 0 Å². The summed E-state index contributed by atoms with van der Waals surface area (Å²) in [7, 11) is 0. The van der Waals surface area contributed by atoms with Crippen LogP contribution in [0.1, 0.15) is 25.6 Å². The second kappa shape index (κ2) is 6.14. The highest BCUT2D eigenvalue weighted by Gasteiger charge is 2.07. The highest BCUT2D eigenvalue weighted by molar-refractivity contribution is 5.47. The molecule has 0 radical (unpaired) electrons. The van der Waals surface area contributed by atoms with E-state index in [1.807, 2.05) is 24.6 Å². The molecule has 0 spiro atoms. The summed E-state index contributed by atoms with van der Waals surface area (Å²) >= 11 is 0. The Hall–Kier alpha value is -2.15. The van der Waals surface area contributed by atoms with E-state index in [1.54, 1.807) is 18.6 Å². The molecule has 2 aromatic heterocycles. The first kappa shape index (κ1) is 13.3. The van der Waals surface area contributed by atoms with Gasteiger partial charge in [-0.1, -0.05) is 13.8 Å². The van der Waals surface area contributed by atoms with Crippen molar-refractivity contribution in [1.82, 2.24) is 19.5 Å². The number of aromatic nitrogens is 4. The minimum atomic E-state index is 0.252. The zero-order valence-electron chi connectivity index (χ0n) is 11.2. The first-order valence-electron chi connectivity index (χ1n) is 6.24. The van der Waals surface area contributed by atoms with E-state index in [-0.39, 0.29) is 5.92 Å². The average Bonchev–Trinajstić information content (AvgIpc) is 2.91. The van der Waals surface area contributed by atoms with Crippen LogP contribution in [0.5, 0.6) is 0 Å². The maximum atomic E-state index is 5.41. The molecule has 0 fully saturated rings. The fourth-order valence-corrected chi connectivity index (χ4v) is 1.62. The Morgan fingerprint density at radius 2 is 2.11 bits per heavy atom. The monoisotopic (exact) mass is 261 g/mol. The summed E-state index contributed by atoms with van der Waals surface area (Å²) in [4.78, 5) is 12.8. The molecule has 7 nitrogen and oxygen atoms in total. The second-order valence-corrected chi connectivity index (χ2v) is 4.52. The Bertz CT molecular complexity index is 507. The maximum absolute atomic E-state index is 5.41. The van der Waals surface area contributed by atoms with Gasteiger partial charge in [-0.25, -0.2) is 20.8 Å². The lowest BCUT2D eigenvalue weighted by atomic mass is 10.2. The number of imidazole rings is 1. The van der Waals surface area contributed by atoms with Crippen LogP contribution >= 0.6 is 0 Å². The number of hydrogen-bond acceptors (Lipinski definition) is 6. The van der Waals surface area contributed by atoms with Gasteiger partial charge in [0.25, 0.3) is 0 Å². The second-order valence-electron chi connectivity index (χ2n) is 4.52. The van der Waals surface area contributed by atoms with Crippen molar-refractivity contribution in [1.29, 1.82) is 0 Å². The van der Waals surface area contributed by atoms with E-state index in [2.05, 4.69) is 25.7 Å². The van der Waals surface area contributed by atoms with E-state index in [4.69, 9.17) is 5.84 Å². The SMILES string of the molecule is CC(C)c1nc(NN)cc(NCCn2ccnc2)n1. The van der Waals surface area contributed by atoms with Crippen LogP contribution < -0.4 is 16.6 Å². The largest absolute Gasteiger partial charge is 0.368 e. The van der Waals surface area contributed by atoms with Crippen molar-refractivity contribution in [2.75, 3.05) is 17.3 Å². The molecule has 0 bridgehead atoms. The zero-order chi connectivity index (χ0) is 13.7. The summed E-state index contributed by atoms with van der Waals surface area (Å²) in [5, 5.41) is 3.26. The molecule has 0 atom stereocenters. The molecular weight excluding hydrogens is 242 g/mol. The molecule has 4 N–H and O–H groups in total. The molecule has 0 amide bonds. The summed E-state index contributed by atoms with van der Waals surface area (Å²) in [6.07, 6.45) is 5.47. The number of hydrazine groups is 1. The van der Waals surface area contributed by atoms with Gasteiger partial charge in [0.2, 0.25) is 0 Å². The Kier molecular flexibility index (Phi) is 4.30. The van der Waals surface area contributed by atoms with Crippen molar-refractivity contribution < 1.29 is 0 Å². The third-order valence-corrected chi connectivity index (χ3v) is 2.64. The van der Waals surface area contributed by atoms with Gasteiger partial charge in [0.05, 0.1) is 6.33 Å². The molecule has 0 aromatic carbocycles. The van der Waals surface area contributed by atoms with Gasteiger partial charge in [-0.15, -0.1) is 0 Å². The van der Waals surface area contributed by atoms with Crippen LogP contribution in [0.2, 0.25) is 0 Å². The molecule has 0 saturated carbocycles. The normalized spacial score (nSPS) is 10.7. The number of nitrogens with two attached hydrogens (primary N) is 1. The molecule has 2 aromatic rings. The predicted molar refractivity (Wildman–Crippen MR) is 74.6 cm³/mol. The standard InChI is InChI=1S/C12H19N7/c1-9(2)12-16-10(7-11(17-12)18-13)15-4-6-19-5-3-14-8-19/h3,5,7-9H,4,6,13H2,1-2H3,(H2,15,16,17,18). The number of rotatable bonds is 6. The van der Waals surface area contributed by atoms with Gasteiger partial charge in [-0.3, -0.25) is 0 Å². The third-order valence-electron chi connectivity index (χ3n) is 2.64. The average molecular weight is 261 g/mol. The van der Waals surface area contributed by atoms with Crippen molar-refractivity contribution >= 4 is 11.6 Å². The predicted octanol–water partition coefficient (Wildman–Crippen LogP) is 1.19. The first-order valence-corrected chi connectivity index (χ1v) is 6.24. The van der Waals surface area contributed by atoms with Crippen LogP contribution in [-0.2, 0) is 6.54 Å². The molecular formula is C12H19N7. The lowest BCUT2D eigenvalue weighted by Gasteiger charge is -2.11. The van der Waals surface area contributed by atoms with E-state index >= 15 is 0 Å². The Morgan fingerprint density at radius 1 is 1.32 bits per heavy atom. The molecule has 102 valence electrons. The molecule has 0 aliphatic heterocycles. The van der Waals surface area contributed by atoms with Crippen LogP contribution in [0.3, 0.4) is 0 Å². The zero-order valence-corrected chi connectivity index (χ0v) is 11.2. The molecule has 7 heteroatoms. The lowest BCUT2D eigenvalue weighted by molar-refractivity contribution is 0.721. The summed E-state index contributed by atoms with van der Waals surface area (Å²) in [5.41, 5.74) is 2.56. The van der Waals surface area contributed by atoms with Crippen molar-refractivity contribution in [2.45, 2.75) is 26.3 Å². The topological polar surface area (TPSA) is 93.7 Å². The maximum Gasteiger partial charge on any atom is 0.145 e. The number of nitrogens with zero attached hydrogens (tertiary/aromatic N) is 4. The smallest absolute Gasteiger partial charge is 0.145 e. The summed E-state index contributed by atoms with van der Waals surface area (Å²) in [6.45, 7) is 5.68. The highest BCUT2D eigenvalue weighted by Crippen LogP contribution is 2.16. The van der Waals surface area contributed by atoms with Gasteiger partial charge in [-0.2, -0.15) is 0 Å². The molecule has 0 aliphatic carbocycles. The Balaban J connectivity index is 2.00. The van der Waals surface area contributed by atoms with Crippen molar-refractivity contribution in [3.8, 4) is 0 Å². The van der Waals surface area contributed by atoms with E-state index < -0.39 is 0 Å². The van der Waals surface area contributed by atoms with Crippen molar-refractivity contribution in [3.63, 3.8) is 0 Å². The molecule has 2 rings (SSSR count). The van der Waals surface area contributed by atoms with Crippen LogP contribution in [0.4, 0.5) is 11.6 Å². The van der Waals surface area contributed by atoms with Gasteiger partial charge in [0.1, 0.15) is 17.5 Å². The number of anilines is 2. The van der Waals surface area contributed by atoms with Crippen LogP contribution in [0.25, 0.3) is 0 Å². The Morgan fingerprint density at radius 3 is 2.74 bits per heavy atom.